The number of carbonyl (C=O) groups is 1. The largest absolute Gasteiger partial charge is 0.361 e. The smallest absolute Gasteiger partial charge is 0.224 e. The van der Waals surface area contributed by atoms with Gasteiger partial charge in [-0.05, 0) is 20.3 Å². The summed E-state index contributed by atoms with van der Waals surface area (Å²) in [4.78, 5) is 16.0. The van der Waals surface area contributed by atoms with Crippen LogP contribution in [0.3, 0.4) is 0 Å². The van der Waals surface area contributed by atoms with Crippen molar-refractivity contribution in [3.63, 3.8) is 0 Å². The van der Waals surface area contributed by atoms with Gasteiger partial charge in [-0.15, -0.1) is 11.3 Å². The van der Waals surface area contributed by atoms with Crippen molar-refractivity contribution in [3.8, 4) is 0 Å². The van der Waals surface area contributed by atoms with E-state index >= 15 is 0 Å². The zero-order valence-electron chi connectivity index (χ0n) is 11.5. The van der Waals surface area contributed by atoms with Gasteiger partial charge in [0.2, 0.25) is 5.91 Å². The fourth-order valence-corrected chi connectivity index (χ4v) is 3.37. The Morgan fingerprint density at radius 2 is 2.35 bits per heavy atom. The highest BCUT2D eigenvalue weighted by Gasteiger charge is 2.12. The van der Waals surface area contributed by atoms with Crippen LogP contribution in [0.25, 0.3) is 0 Å². The fourth-order valence-electron chi connectivity index (χ4n) is 1.72. The van der Waals surface area contributed by atoms with E-state index in [0.717, 1.165) is 33.5 Å². The second kappa shape index (κ2) is 7.44. The summed E-state index contributed by atoms with van der Waals surface area (Å²) in [6.07, 6.45) is 3.07. The molecule has 0 aliphatic carbocycles. The lowest BCUT2D eigenvalue weighted by atomic mass is 10.1. The van der Waals surface area contributed by atoms with Crippen molar-refractivity contribution in [2.45, 2.75) is 31.0 Å². The summed E-state index contributed by atoms with van der Waals surface area (Å²) >= 11 is 3.36. The predicted octanol–water partition coefficient (Wildman–Crippen LogP) is 2.59. The zero-order chi connectivity index (χ0) is 14.4. The van der Waals surface area contributed by atoms with Gasteiger partial charge in [0.05, 0.1) is 12.1 Å². The van der Waals surface area contributed by atoms with Gasteiger partial charge in [-0.25, -0.2) is 4.98 Å². The molecular formula is C13H17N3O2S2. The van der Waals surface area contributed by atoms with E-state index in [4.69, 9.17) is 4.52 Å². The first-order valence-corrected chi connectivity index (χ1v) is 8.24. The van der Waals surface area contributed by atoms with Crippen molar-refractivity contribution in [2.24, 2.45) is 0 Å². The third-order valence-electron chi connectivity index (χ3n) is 2.80. The van der Waals surface area contributed by atoms with E-state index in [1.807, 2.05) is 19.2 Å². The number of aryl methyl sites for hydroxylation is 2. The minimum Gasteiger partial charge on any atom is -0.361 e. The Balaban J connectivity index is 1.63. The van der Waals surface area contributed by atoms with Crippen LogP contribution in [-0.4, -0.2) is 28.3 Å². The maximum absolute atomic E-state index is 11.8. The van der Waals surface area contributed by atoms with Crippen LogP contribution in [-0.2, 0) is 11.2 Å². The van der Waals surface area contributed by atoms with Gasteiger partial charge in [0.1, 0.15) is 10.1 Å². The summed E-state index contributed by atoms with van der Waals surface area (Å²) in [6, 6.07) is 0. The molecule has 2 aromatic rings. The topological polar surface area (TPSA) is 68.0 Å². The van der Waals surface area contributed by atoms with Crippen LogP contribution < -0.4 is 5.32 Å². The molecule has 2 heterocycles. The minimum absolute atomic E-state index is 0.0126. The minimum atomic E-state index is 0.0126. The highest BCUT2D eigenvalue weighted by Crippen LogP contribution is 2.20. The van der Waals surface area contributed by atoms with Crippen molar-refractivity contribution in [2.75, 3.05) is 12.3 Å². The third kappa shape index (κ3) is 4.35. The molecule has 1 N–H and O–H groups in total. The molecule has 0 radical (unpaired) electrons. The summed E-state index contributed by atoms with van der Waals surface area (Å²) in [5.41, 5.74) is 1.68. The van der Waals surface area contributed by atoms with Gasteiger partial charge in [0.15, 0.2) is 0 Å². The number of hydrogen-bond acceptors (Lipinski definition) is 6. The number of amides is 1. The molecule has 0 aromatic carbocycles. The molecule has 0 aliphatic heterocycles. The number of carbonyl (C=O) groups excluding carboxylic acids is 1. The molecule has 7 heteroatoms. The average Bonchev–Trinajstić information content (AvgIpc) is 3.04. The standard InChI is InChI=1S/C13H17N3O2S2/c1-9-11(10(2)18-16-9)8-12(17)14-4-3-6-19-13-15-5-7-20-13/h5,7H,3-4,6,8H2,1-2H3,(H,14,17). The summed E-state index contributed by atoms with van der Waals surface area (Å²) in [6.45, 7) is 4.36. The number of nitrogens with zero attached hydrogens (tertiary/aromatic N) is 2. The molecule has 0 bridgehead atoms. The zero-order valence-corrected chi connectivity index (χ0v) is 13.1. The normalized spacial score (nSPS) is 10.7. The Labute approximate surface area is 126 Å². The molecule has 0 aliphatic rings. The first-order chi connectivity index (χ1) is 9.66. The average molecular weight is 311 g/mol. The van der Waals surface area contributed by atoms with Crippen LogP contribution >= 0.6 is 23.1 Å². The number of hydrogen-bond donors (Lipinski definition) is 1. The van der Waals surface area contributed by atoms with Crippen LogP contribution in [0, 0.1) is 13.8 Å². The number of thiazole rings is 1. The number of aromatic nitrogens is 2. The molecular weight excluding hydrogens is 294 g/mol. The van der Waals surface area contributed by atoms with Crippen molar-refractivity contribution in [1.29, 1.82) is 0 Å². The molecule has 0 saturated carbocycles. The predicted molar refractivity (Wildman–Crippen MR) is 80.1 cm³/mol. The van der Waals surface area contributed by atoms with E-state index in [2.05, 4.69) is 15.5 Å². The van der Waals surface area contributed by atoms with Gasteiger partial charge in [-0.1, -0.05) is 16.9 Å². The van der Waals surface area contributed by atoms with Gasteiger partial charge in [0, 0.05) is 29.4 Å². The Hall–Kier alpha value is -1.34. The quantitative estimate of drug-likeness (QED) is 0.629. The molecule has 5 nitrogen and oxygen atoms in total. The Kier molecular flexibility index (Phi) is 5.60. The van der Waals surface area contributed by atoms with Crippen LogP contribution in [0.5, 0.6) is 0 Å². The number of nitrogens with one attached hydrogen (secondary N) is 1. The fraction of sp³-hybridized carbons (Fsp3) is 0.462. The molecule has 2 rings (SSSR count). The van der Waals surface area contributed by atoms with Gasteiger partial charge in [-0.3, -0.25) is 4.79 Å². The van der Waals surface area contributed by atoms with Gasteiger partial charge < -0.3 is 9.84 Å². The molecule has 1 amide bonds. The van der Waals surface area contributed by atoms with Crippen LogP contribution in [0.2, 0.25) is 0 Å². The Bertz CT molecular complexity index is 532. The van der Waals surface area contributed by atoms with E-state index in [1.54, 1.807) is 29.3 Å². The first-order valence-electron chi connectivity index (χ1n) is 6.37. The number of thioether (sulfide) groups is 1. The van der Waals surface area contributed by atoms with E-state index in [1.165, 1.54) is 0 Å². The summed E-state index contributed by atoms with van der Waals surface area (Å²) in [5, 5.41) is 8.73. The molecule has 0 atom stereocenters. The van der Waals surface area contributed by atoms with Gasteiger partial charge in [-0.2, -0.15) is 0 Å². The maximum atomic E-state index is 11.8. The van der Waals surface area contributed by atoms with Crippen LogP contribution in [0.4, 0.5) is 0 Å². The lowest BCUT2D eigenvalue weighted by molar-refractivity contribution is -0.120. The van der Waals surface area contributed by atoms with Gasteiger partial charge in [0.25, 0.3) is 0 Å². The SMILES string of the molecule is Cc1noc(C)c1CC(=O)NCCCSc1nccs1. The summed E-state index contributed by atoms with van der Waals surface area (Å²) in [7, 11) is 0. The van der Waals surface area contributed by atoms with Crippen molar-refractivity contribution in [1.82, 2.24) is 15.5 Å². The van der Waals surface area contributed by atoms with E-state index in [0.29, 0.717) is 13.0 Å². The molecule has 0 unspecified atom stereocenters. The van der Waals surface area contributed by atoms with E-state index < -0.39 is 0 Å². The molecule has 2 aromatic heterocycles. The monoisotopic (exact) mass is 311 g/mol. The van der Waals surface area contributed by atoms with Crippen LogP contribution in [0.15, 0.2) is 20.4 Å². The molecule has 108 valence electrons. The highest BCUT2D eigenvalue weighted by molar-refractivity contribution is 8.00. The van der Waals surface area contributed by atoms with E-state index in [9.17, 15) is 4.79 Å². The molecule has 0 fully saturated rings. The number of rotatable bonds is 7. The van der Waals surface area contributed by atoms with Crippen molar-refractivity contribution in [3.05, 3.63) is 28.6 Å². The lowest BCUT2D eigenvalue weighted by Crippen LogP contribution is -2.26. The van der Waals surface area contributed by atoms with Crippen molar-refractivity contribution >= 4 is 29.0 Å². The molecule has 0 spiro atoms. The third-order valence-corrected chi connectivity index (χ3v) is 4.85. The second-order valence-electron chi connectivity index (χ2n) is 4.33. The molecule has 0 saturated heterocycles. The molecule has 20 heavy (non-hydrogen) atoms. The maximum Gasteiger partial charge on any atom is 0.224 e. The first kappa shape index (κ1) is 15.1. The van der Waals surface area contributed by atoms with Crippen molar-refractivity contribution < 1.29 is 9.32 Å². The highest BCUT2D eigenvalue weighted by atomic mass is 32.2. The lowest BCUT2D eigenvalue weighted by Gasteiger charge is -2.04. The Morgan fingerprint density at radius 3 is 3.00 bits per heavy atom. The summed E-state index contributed by atoms with van der Waals surface area (Å²) in [5.74, 6) is 1.69. The summed E-state index contributed by atoms with van der Waals surface area (Å²) < 4.78 is 6.12. The van der Waals surface area contributed by atoms with E-state index in [-0.39, 0.29) is 5.91 Å². The Morgan fingerprint density at radius 1 is 1.50 bits per heavy atom. The van der Waals surface area contributed by atoms with Gasteiger partial charge >= 0.3 is 0 Å². The second-order valence-corrected chi connectivity index (χ2v) is 6.57. The van der Waals surface area contributed by atoms with Crippen LogP contribution in [0.1, 0.15) is 23.4 Å².